The molecule has 0 bridgehead atoms. The van der Waals surface area contributed by atoms with Crippen LogP contribution in [0.25, 0.3) is 0 Å². The second-order valence-electron chi connectivity index (χ2n) is 5.72. The largest absolute Gasteiger partial charge is 0.324 e. The van der Waals surface area contributed by atoms with Gasteiger partial charge in [-0.05, 0) is 51.1 Å². The van der Waals surface area contributed by atoms with Crippen molar-refractivity contribution in [3.8, 4) is 0 Å². The molecule has 2 aliphatic rings. The van der Waals surface area contributed by atoms with Crippen LogP contribution in [0, 0.1) is 5.92 Å². The van der Waals surface area contributed by atoms with Gasteiger partial charge in [-0.3, -0.25) is 0 Å². The van der Waals surface area contributed by atoms with Crippen molar-refractivity contribution in [2.75, 3.05) is 19.6 Å². The molecular formula is C13H26N2. The van der Waals surface area contributed by atoms with Crippen LogP contribution in [-0.4, -0.2) is 30.1 Å². The average Bonchev–Trinajstić information content (AvgIpc) is 2.19. The Balaban J connectivity index is 1.69. The molecule has 1 aliphatic heterocycles. The summed E-state index contributed by atoms with van der Waals surface area (Å²) in [5, 5.41) is 0. The highest BCUT2D eigenvalue weighted by Crippen LogP contribution is 2.31. The first-order valence-electron chi connectivity index (χ1n) is 6.73. The van der Waals surface area contributed by atoms with Crippen molar-refractivity contribution in [1.82, 2.24) is 4.90 Å². The molecule has 1 saturated carbocycles. The highest BCUT2D eigenvalue weighted by atomic mass is 15.2. The second-order valence-corrected chi connectivity index (χ2v) is 5.72. The van der Waals surface area contributed by atoms with Gasteiger partial charge in [0, 0.05) is 12.1 Å². The van der Waals surface area contributed by atoms with Gasteiger partial charge in [0.1, 0.15) is 0 Å². The summed E-state index contributed by atoms with van der Waals surface area (Å²) >= 11 is 0. The van der Waals surface area contributed by atoms with Crippen LogP contribution in [0.2, 0.25) is 0 Å². The summed E-state index contributed by atoms with van der Waals surface area (Å²) in [7, 11) is 0. The molecule has 0 aromatic rings. The molecule has 0 radical (unpaired) electrons. The standard InChI is InChI=1S/C13H26N2/c1-2-4-12-5-9-15(10-6-12)11-13(14)7-3-8-13/h12H,2-11,14H2,1H3. The lowest BCUT2D eigenvalue weighted by Gasteiger charge is -2.44. The third-order valence-corrected chi connectivity index (χ3v) is 4.29. The lowest BCUT2D eigenvalue weighted by Crippen LogP contribution is -2.56. The number of piperidine rings is 1. The van der Waals surface area contributed by atoms with E-state index < -0.39 is 0 Å². The van der Waals surface area contributed by atoms with Crippen molar-refractivity contribution in [2.45, 2.75) is 57.4 Å². The summed E-state index contributed by atoms with van der Waals surface area (Å²) in [5.41, 5.74) is 6.48. The van der Waals surface area contributed by atoms with E-state index in [-0.39, 0.29) is 5.54 Å². The molecule has 1 aliphatic carbocycles. The monoisotopic (exact) mass is 210 g/mol. The summed E-state index contributed by atoms with van der Waals surface area (Å²) in [6.45, 7) is 6.05. The molecule has 2 nitrogen and oxygen atoms in total. The number of hydrogen-bond acceptors (Lipinski definition) is 2. The van der Waals surface area contributed by atoms with Crippen molar-refractivity contribution >= 4 is 0 Å². The first kappa shape index (κ1) is 11.4. The quantitative estimate of drug-likeness (QED) is 0.772. The fraction of sp³-hybridized carbons (Fsp3) is 1.00. The van der Waals surface area contributed by atoms with Crippen LogP contribution >= 0.6 is 0 Å². The first-order chi connectivity index (χ1) is 7.22. The van der Waals surface area contributed by atoms with E-state index >= 15 is 0 Å². The second kappa shape index (κ2) is 4.84. The van der Waals surface area contributed by atoms with Crippen molar-refractivity contribution in [2.24, 2.45) is 11.7 Å². The van der Waals surface area contributed by atoms with Gasteiger partial charge in [0.15, 0.2) is 0 Å². The van der Waals surface area contributed by atoms with E-state index in [1.165, 1.54) is 58.0 Å². The Labute approximate surface area is 94.2 Å². The lowest BCUT2D eigenvalue weighted by atomic mass is 9.77. The van der Waals surface area contributed by atoms with E-state index in [1.807, 2.05) is 0 Å². The van der Waals surface area contributed by atoms with Crippen LogP contribution in [0.5, 0.6) is 0 Å². The number of rotatable bonds is 4. The lowest BCUT2D eigenvalue weighted by molar-refractivity contribution is 0.108. The topological polar surface area (TPSA) is 29.3 Å². The Hall–Kier alpha value is -0.0800. The smallest absolute Gasteiger partial charge is 0.0283 e. The van der Waals surface area contributed by atoms with Crippen molar-refractivity contribution in [3.05, 3.63) is 0 Å². The molecular weight excluding hydrogens is 184 g/mol. The molecule has 2 heteroatoms. The minimum atomic E-state index is 0.192. The summed E-state index contributed by atoms with van der Waals surface area (Å²) < 4.78 is 0. The maximum absolute atomic E-state index is 6.29. The van der Waals surface area contributed by atoms with Crippen LogP contribution in [0.15, 0.2) is 0 Å². The first-order valence-corrected chi connectivity index (χ1v) is 6.73. The molecule has 0 spiro atoms. The Morgan fingerprint density at radius 1 is 1.27 bits per heavy atom. The molecule has 0 aromatic heterocycles. The van der Waals surface area contributed by atoms with Crippen LogP contribution < -0.4 is 5.73 Å². The Morgan fingerprint density at radius 2 is 1.93 bits per heavy atom. The molecule has 0 unspecified atom stereocenters. The maximum Gasteiger partial charge on any atom is 0.0283 e. The van der Waals surface area contributed by atoms with Gasteiger partial charge in [-0.2, -0.15) is 0 Å². The van der Waals surface area contributed by atoms with Crippen molar-refractivity contribution in [1.29, 1.82) is 0 Å². The fourth-order valence-corrected chi connectivity index (χ4v) is 3.08. The van der Waals surface area contributed by atoms with E-state index in [0.717, 1.165) is 12.5 Å². The molecule has 2 N–H and O–H groups in total. The Kier molecular flexibility index (Phi) is 3.68. The van der Waals surface area contributed by atoms with Gasteiger partial charge < -0.3 is 10.6 Å². The van der Waals surface area contributed by atoms with E-state index in [9.17, 15) is 0 Å². The van der Waals surface area contributed by atoms with Crippen molar-refractivity contribution < 1.29 is 0 Å². The summed E-state index contributed by atoms with van der Waals surface area (Å²) in [6, 6.07) is 0. The van der Waals surface area contributed by atoms with Gasteiger partial charge in [-0.25, -0.2) is 0 Å². The summed E-state index contributed by atoms with van der Waals surface area (Å²) in [5.74, 6) is 1.00. The van der Waals surface area contributed by atoms with Gasteiger partial charge in [-0.15, -0.1) is 0 Å². The zero-order chi connectivity index (χ0) is 10.7. The zero-order valence-corrected chi connectivity index (χ0v) is 10.2. The summed E-state index contributed by atoms with van der Waals surface area (Å²) in [4.78, 5) is 2.60. The molecule has 2 fully saturated rings. The van der Waals surface area contributed by atoms with Crippen LogP contribution in [-0.2, 0) is 0 Å². The van der Waals surface area contributed by atoms with Crippen molar-refractivity contribution in [3.63, 3.8) is 0 Å². The molecule has 0 amide bonds. The maximum atomic E-state index is 6.29. The number of nitrogens with zero attached hydrogens (tertiary/aromatic N) is 1. The van der Waals surface area contributed by atoms with Gasteiger partial charge >= 0.3 is 0 Å². The predicted molar refractivity (Wildman–Crippen MR) is 64.8 cm³/mol. The molecule has 15 heavy (non-hydrogen) atoms. The van der Waals surface area contributed by atoms with Gasteiger partial charge in [0.05, 0.1) is 0 Å². The van der Waals surface area contributed by atoms with Crippen LogP contribution in [0.3, 0.4) is 0 Å². The van der Waals surface area contributed by atoms with E-state index in [1.54, 1.807) is 0 Å². The number of nitrogens with two attached hydrogens (primary N) is 1. The minimum absolute atomic E-state index is 0.192. The Morgan fingerprint density at radius 3 is 2.40 bits per heavy atom. The number of likely N-dealkylation sites (tertiary alicyclic amines) is 1. The highest BCUT2D eigenvalue weighted by Gasteiger charge is 2.35. The zero-order valence-electron chi connectivity index (χ0n) is 10.2. The SMILES string of the molecule is CCCC1CCN(CC2(N)CCC2)CC1. The van der Waals surface area contributed by atoms with E-state index in [0.29, 0.717) is 0 Å². The van der Waals surface area contributed by atoms with Gasteiger partial charge in [0.2, 0.25) is 0 Å². The summed E-state index contributed by atoms with van der Waals surface area (Å²) in [6.07, 6.45) is 9.45. The normalized spacial score (nSPS) is 27.6. The number of hydrogen-bond donors (Lipinski definition) is 1. The molecule has 2 rings (SSSR count). The van der Waals surface area contributed by atoms with Gasteiger partial charge in [-0.1, -0.05) is 19.8 Å². The third-order valence-electron chi connectivity index (χ3n) is 4.29. The van der Waals surface area contributed by atoms with Gasteiger partial charge in [0.25, 0.3) is 0 Å². The van der Waals surface area contributed by atoms with E-state index in [2.05, 4.69) is 11.8 Å². The highest BCUT2D eigenvalue weighted by molar-refractivity contribution is 4.95. The molecule has 1 heterocycles. The minimum Gasteiger partial charge on any atom is -0.324 e. The molecule has 0 aromatic carbocycles. The Bertz CT molecular complexity index is 191. The molecule has 1 saturated heterocycles. The third kappa shape index (κ3) is 2.94. The molecule has 88 valence electrons. The predicted octanol–water partition coefficient (Wildman–Crippen LogP) is 2.38. The average molecular weight is 210 g/mol. The van der Waals surface area contributed by atoms with E-state index in [4.69, 9.17) is 5.73 Å². The molecule has 0 atom stereocenters. The van der Waals surface area contributed by atoms with Crippen LogP contribution in [0.1, 0.15) is 51.9 Å². The fourth-order valence-electron chi connectivity index (χ4n) is 3.08. The van der Waals surface area contributed by atoms with Crippen LogP contribution in [0.4, 0.5) is 0 Å².